The fraction of sp³-hybridized carbons (Fsp3) is 0.278. The molecule has 21 heavy (non-hydrogen) atoms. The molecule has 0 saturated carbocycles. The summed E-state index contributed by atoms with van der Waals surface area (Å²) in [7, 11) is 0. The van der Waals surface area contributed by atoms with Crippen molar-refractivity contribution in [2.24, 2.45) is 0 Å². The van der Waals surface area contributed by atoms with E-state index in [-0.39, 0.29) is 11.7 Å². The molecule has 2 aliphatic rings. The van der Waals surface area contributed by atoms with Crippen LogP contribution in [0.25, 0.3) is 0 Å². The summed E-state index contributed by atoms with van der Waals surface area (Å²) >= 11 is 0. The van der Waals surface area contributed by atoms with Crippen molar-refractivity contribution in [3.63, 3.8) is 0 Å². The maximum absolute atomic E-state index is 13.8. The summed E-state index contributed by atoms with van der Waals surface area (Å²) in [5.41, 5.74) is 2.34. The van der Waals surface area contributed by atoms with Crippen LogP contribution in [0, 0.1) is 5.82 Å². The molecule has 106 valence electrons. The van der Waals surface area contributed by atoms with E-state index >= 15 is 0 Å². The van der Waals surface area contributed by atoms with Gasteiger partial charge in [0.2, 0.25) is 5.91 Å². The molecule has 1 unspecified atom stereocenters. The van der Waals surface area contributed by atoms with E-state index in [2.05, 4.69) is 0 Å². The van der Waals surface area contributed by atoms with Crippen LogP contribution in [0.3, 0.4) is 0 Å². The standard InChI is InChI=1S/C18H16FNO/c19-16-8-4-7-15-14(16)9-10-18(15)12-20(17(18)21)11-13-5-2-1-3-6-13/h1-8H,9-12H2. The number of benzene rings is 2. The highest BCUT2D eigenvalue weighted by molar-refractivity contribution is 5.95. The Morgan fingerprint density at radius 2 is 1.90 bits per heavy atom. The summed E-state index contributed by atoms with van der Waals surface area (Å²) in [6.07, 6.45) is 1.42. The van der Waals surface area contributed by atoms with Crippen molar-refractivity contribution in [2.45, 2.75) is 24.8 Å². The number of rotatable bonds is 2. The molecule has 3 heteroatoms. The van der Waals surface area contributed by atoms with Gasteiger partial charge < -0.3 is 4.90 Å². The third-order valence-electron chi connectivity index (χ3n) is 4.81. The van der Waals surface area contributed by atoms with Gasteiger partial charge in [-0.15, -0.1) is 0 Å². The predicted octanol–water partition coefficient (Wildman–Crippen LogP) is 3.05. The van der Waals surface area contributed by atoms with Crippen LogP contribution < -0.4 is 0 Å². The molecule has 2 aromatic rings. The van der Waals surface area contributed by atoms with Crippen LogP contribution in [0.1, 0.15) is 23.1 Å². The van der Waals surface area contributed by atoms with Crippen molar-refractivity contribution < 1.29 is 9.18 Å². The first-order valence-electron chi connectivity index (χ1n) is 7.32. The van der Waals surface area contributed by atoms with Crippen LogP contribution in [0.5, 0.6) is 0 Å². The van der Waals surface area contributed by atoms with Crippen LogP contribution in [0.2, 0.25) is 0 Å². The van der Waals surface area contributed by atoms with E-state index in [4.69, 9.17) is 0 Å². The molecule has 0 aromatic heterocycles. The van der Waals surface area contributed by atoms with E-state index in [0.29, 0.717) is 19.5 Å². The Bertz CT molecular complexity index is 712. The number of nitrogens with zero attached hydrogens (tertiary/aromatic N) is 1. The van der Waals surface area contributed by atoms with Gasteiger partial charge in [-0.2, -0.15) is 0 Å². The second kappa shape index (κ2) is 4.42. The molecule has 1 amide bonds. The van der Waals surface area contributed by atoms with E-state index in [1.165, 1.54) is 6.07 Å². The fourth-order valence-corrected chi connectivity index (χ4v) is 3.73. The van der Waals surface area contributed by atoms with Crippen LogP contribution in [-0.4, -0.2) is 17.4 Å². The molecule has 1 spiro atoms. The monoisotopic (exact) mass is 281 g/mol. The smallest absolute Gasteiger partial charge is 0.235 e. The van der Waals surface area contributed by atoms with Crippen molar-refractivity contribution in [3.8, 4) is 0 Å². The second-order valence-electron chi connectivity index (χ2n) is 5.99. The van der Waals surface area contributed by atoms with Gasteiger partial charge in [0, 0.05) is 13.1 Å². The zero-order chi connectivity index (χ0) is 14.4. The molecule has 2 aromatic carbocycles. The molecule has 0 N–H and O–H groups in total. The average Bonchev–Trinajstić information content (AvgIpc) is 2.91. The molecule has 0 bridgehead atoms. The zero-order valence-electron chi connectivity index (χ0n) is 11.7. The molecule has 1 fully saturated rings. The molecule has 1 saturated heterocycles. The quantitative estimate of drug-likeness (QED) is 0.775. The number of hydrogen-bond donors (Lipinski definition) is 0. The van der Waals surface area contributed by atoms with Gasteiger partial charge in [-0.05, 0) is 35.6 Å². The highest BCUT2D eigenvalue weighted by Gasteiger charge is 2.56. The minimum atomic E-state index is -0.452. The van der Waals surface area contributed by atoms with Crippen LogP contribution >= 0.6 is 0 Å². The van der Waals surface area contributed by atoms with E-state index in [1.807, 2.05) is 41.3 Å². The lowest BCUT2D eigenvalue weighted by atomic mass is 9.73. The molecule has 1 atom stereocenters. The number of hydrogen-bond acceptors (Lipinski definition) is 1. The van der Waals surface area contributed by atoms with Crippen molar-refractivity contribution in [1.29, 1.82) is 0 Å². The number of amides is 1. The zero-order valence-corrected chi connectivity index (χ0v) is 11.7. The first-order valence-corrected chi connectivity index (χ1v) is 7.32. The number of halogens is 1. The van der Waals surface area contributed by atoms with Gasteiger partial charge >= 0.3 is 0 Å². The van der Waals surface area contributed by atoms with Crippen molar-refractivity contribution >= 4 is 5.91 Å². The lowest BCUT2D eigenvalue weighted by Crippen LogP contribution is -2.62. The summed E-state index contributed by atoms with van der Waals surface area (Å²) in [6, 6.07) is 15.1. The molecule has 2 nitrogen and oxygen atoms in total. The number of carbonyl (C=O) groups is 1. The number of β-lactam (4-membered cyclic amide) rings is 1. The molecular formula is C18H16FNO. The van der Waals surface area contributed by atoms with Gasteiger partial charge in [-0.25, -0.2) is 4.39 Å². The topological polar surface area (TPSA) is 20.3 Å². The summed E-state index contributed by atoms with van der Waals surface area (Å²) in [5, 5.41) is 0. The first kappa shape index (κ1) is 12.6. The lowest BCUT2D eigenvalue weighted by molar-refractivity contribution is -0.152. The summed E-state index contributed by atoms with van der Waals surface area (Å²) in [5.74, 6) is -0.0191. The molecule has 1 aliphatic carbocycles. The van der Waals surface area contributed by atoms with E-state index in [1.54, 1.807) is 6.07 Å². The lowest BCUT2D eigenvalue weighted by Gasteiger charge is -2.47. The van der Waals surface area contributed by atoms with Crippen LogP contribution in [-0.2, 0) is 23.2 Å². The predicted molar refractivity (Wildman–Crippen MR) is 78.3 cm³/mol. The summed E-state index contributed by atoms with van der Waals surface area (Å²) < 4.78 is 13.8. The van der Waals surface area contributed by atoms with E-state index < -0.39 is 5.41 Å². The molecule has 4 rings (SSSR count). The van der Waals surface area contributed by atoms with Crippen molar-refractivity contribution in [1.82, 2.24) is 4.90 Å². The minimum Gasteiger partial charge on any atom is -0.336 e. The number of likely N-dealkylation sites (tertiary alicyclic amines) is 1. The van der Waals surface area contributed by atoms with Crippen LogP contribution in [0.15, 0.2) is 48.5 Å². The Hall–Kier alpha value is -2.16. The second-order valence-corrected chi connectivity index (χ2v) is 5.99. The normalized spacial score (nSPS) is 23.3. The van der Waals surface area contributed by atoms with Gasteiger partial charge in [0.15, 0.2) is 0 Å². The largest absolute Gasteiger partial charge is 0.336 e. The molecule has 0 radical (unpaired) electrons. The average molecular weight is 281 g/mol. The molecule has 1 aliphatic heterocycles. The summed E-state index contributed by atoms with van der Waals surface area (Å²) in [4.78, 5) is 14.5. The number of fused-ring (bicyclic) bond motifs is 2. The Balaban J connectivity index is 1.59. The molecular weight excluding hydrogens is 265 g/mol. The molecule has 1 heterocycles. The SMILES string of the molecule is O=C1N(Cc2ccccc2)CC12CCc1c(F)cccc12. The van der Waals surface area contributed by atoms with Gasteiger partial charge in [-0.1, -0.05) is 42.5 Å². The third kappa shape index (κ3) is 1.73. The fourth-order valence-electron chi connectivity index (χ4n) is 3.73. The van der Waals surface area contributed by atoms with Gasteiger partial charge in [-0.3, -0.25) is 4.79 Å². The van der Waals surface area contributed by atoms with Crippen molar-refractivity contribution in [3.05, 3.63) is 71.0 Å². The maximum Gasteiger partial charge on any atom is 0.235 e. The van der Waals surface area contributed by atoms with Gasteiger partial charge in [0.25, 0.3) is 0 Å². The Kier molecular flexibility index (Phi) is 2.64. The van der Waals surface area contributed by atoms with E-state index in [9.17, 15) is 9.18 Å². The summed E-state index contributed by atoms with van der Waals surface area (Å²) in [6.45, 7) is 1.35. The van der Waals surface area contributed by atoms with Crippen molar-refractivity contribution in [2.75, 3.05) is 6.54 Å². The highest BCUT2D eigenvalue weighted by Crippen LogP contribution is 2.47. The first-order chi connectivity index (χ1) is 10.2. The minimum absolute atomic E-state index is 0.149. The van der Waals surface area contributed by atoms with E-state index in [0.717, 1.165) is 23.1 Å². The number of carbonyl (C=O) groups excluding carboxylic acids is 1. The highest BCUT2D eigenvalue weighted by atomic mass is 19.1. The Morgan fingerprint density at radius 1 is 1.10 bits per heavy atom. The van der Waals surface area contributed by atoms with Gasteiger partial charge in [0.05, 0.1) is 5.41 Å². The van der Waals surface area contributed by atoms with Crippen LogP contribution in [0.4, 0.5) is 4.39 Å². The Morgan fingerprint density at radius 3 is 2.67 bits per heavy atom. The Labute approximate surface area is 123 Å². The maximum atomic E-state index is 13.8. The van der Waals surface area contributed by atoms with Gasteiger partial charge in [0.1, 0.15) is 5.82 Å². The third-order valence-corrected chi connectivity index (χ3v) is 4.81.